The lowest BCUT2D eigenvalue weighted by atomic mass is 10.1. The topological polar surface area (TPSA) is 75.7 Å². The van der Waals surface area contributed by atoms with E-state index >= 15 is 0 Å². The van der Waals surface area contributed by atoms with Crippen molar-refractivity contribution < 1.29 is 19.1 Å². The summed E-state index contributed by atoms with van der Waals surface area (Å²) in [6.45, 7) is 0. The molecule has 0 aliphatic carbocycles. The zero-order valence-corrected chi connectivity index (χ0v) is 15.0. The lowest BCUT2D eigenvalue weighted by molar-refractivity contribution is -0.122. The molecule has 0 spiro atoms. The minimum absolute atomic E-state index is 0.214. The third-order valence-electron chi connectivity index (χ3n) is 3.61. The van der Waals surface area contributed by atoms with Gasteiger partial charge in [-0.2, -0.15) is 0 Å². The molecule has 2 aromatic carbocycles. The second-order valence-electron chi connectivity index (χ2n) is 5.36. The van der Waals surface area contributed by atoms with Crippen LogP contribution < -0.4 is 15.0 Å². The molecular weight excluding hydrogens is 379 g/mol. The van der Waals surface area contributed by atoms with Crippen molar-refractivity contribution in [1.29, 1.82) is 0 Å². The fraction of sp³-hybridized carbons (Fsp3) is 0.0556. The van der Waals surface area contributed by atoms with Crippen LogP contribution in [0.25, 0.3) is 6.08 Å². The Kier molecular flexibility index (Phi) is 4.97. The van der Waals surface area contributed by atoms with Crippen LogP contribution in [0, 0.1) is 0 Å². The smallest absolute Gasteiger partial charge is 0.335 e. The largest absolute Gasteiger partial charge is 0.497 e. The normalized spacial score (nSPS) is 16.0. The third-order valence-corrected chi connectivity index (χ3v) is 4.06. The number of halogens is 2. The van der Waals surface area contributed by atoms with Crippen LogP contribution in [0.15, 0.2) is 48.0 Å². The molecule has 26 heavy (non-hydrogen) atoms. The zero-order valence-electron chi connectivity index (χ0n) is 13.5. The second-order valence-corrected chi connectivity index (χ2v) is 6.23. The van der Waals surface area contributed by atoms with Crippen LogP contribution in [0.3, 0.4) is 0 Å². The molecule has 1 heterocycles. The molecule has 1 aliphatic rings. The van der Waals surface area contributed by atoms with Gasteiger partial charge in [0.25, 0.3) is 11.8 Å². The van der Waals surface area contributed by atoms with Gasteiger partial charge >= 0.3 is 6.03 Å². The number of nitrogens with zero attached hydrogens (tertiary/aromatic N) is 1. The van der Waals surface area contributed by atoms with E-state index in [1.54, 1.807) is 36.4 Å². The number of ether oxygens (including phenoxy) is 1. The number of barbiturate groups is 1. The number of amides is 4. The molecule has 132 valence electrons. The molecule has 1 N–H and O–H groups in total. The van der Waals surface area contributed by atoms with E-state index in [-0.39, 0.29) is 11.3 Å². The van der Waals surface area contributed by atoms with Crippen molar-refractivity contribution in [1.82, 2.24) is 5.32 Å². The Morgan fingerprint density at radius 3 is 2.50 bits per heavy atom. The summed E-state index contributed by atoms with van der Waals surface area (Å²) in [5.74, 6) is -1.09. The Bertz CT molecular complexity index is 956. The van der Waals surface area contributed by atoms with E-state index in [0.717, 1.165) is 4.90 Å². The van der Waals surface area contributed by atoms with Crippen molar-refractivity contribution in [2.24, 2.45) is 0 Å². The Labute approximate surface area is 158 Å². The minimum atomic E-state index is -0.844. The SMILES string of the molecule is COc1cc(Cl)cc(/C=C2\C(=O)NC(=O)N(c3cccc(Cl)c3)C2=O)c1. The molecule has 0 bridgehead atoms. The number of hydrogen-bond donors (Lipinski definition) is 1. The van der Waals surface area contributed by atoms with Crippen molar-refractivity contribution in [3.63, 3.8) is 0 Å². The van der Waals surface area contributed by atoms with Crippen LogP contribution in [0.2, 0.25) is 10.0 Å². The highest BCUT2D eigenvalue weighted by molar-refractivity contribution is 6.39. The summed E-state index contributed by atoms with van der Waals surface area (Å²) < 4.78 is 5.12. The summed E-state index contributed by atoms with van der Waals surface area (Å²) in [7, 11) is 1.47. The van der Waals surface area contributed by atoms with Crippen molar-refractivity contribution in [3.8, 4) is 5.75 Å². The molecule has 1 fully saturated rings. The summed E-state index contributed by atoms with van der Waals surface area (Å²) in [6, 6.07) is 10.1. The van der Waals surface area contributed by atoms with E-state index in [9.17, 15) is 14.4 Å². The summed E-state index contributed by atoms with van der Waals surface area (Å²) >= 11 is 11.9. The van der Waals surface area contributed by atoms with Crippen molar-refractivity contribution in [2.75, 3.05) is 12.0 Å². The summed E-state index contributed by atoms with van der Waals surface area (Å²) in [6.07, 6.45) is 1.34. The van der Waals surface area contributed by atoms with E-state index in [2.05, 4.69) is 5.32 Å². The highest BCUT2D eigenvalue weighted by Gasteiger charge is 2.36. The van der Waals surface area contributed by atoms with E-state index in [0.29, 0.717) is 21.4 Å². The van der Waals surface area contributed by atoms with Crippen LogP contribution in [-0.2, 0) is 9.59 Å². The standard InChI is InChI=1S/C18H12Cl2N2O4/c1-26-14-6-10(5-12(20)9-14)7-15-16(23)21-18(25)22(17(15)24)13-4-2-3-11(19)8-13/h2-9H,1H3,(H,21,23,25)/b15-7+. The first-order valence-corrected chi connectivity index (χ1v) is 8.16. The summed E-state index contributed by atoms with van der Waals surface area (Å²) in [4.78, 5) is 37.9. The molecule has 0 aromatic heterocycles. The monoisotopic (exact) mass is 390 g/mol. The molecule has 0 unspecified atom stereocenters. The van der Waals surface area contributed by atoms with Gasteiger partial charge in [0.1, 0.15) is 11.3 Å². The van der Waals surface area contributed by atoms with Gasteiger partial charge in [0.15, 0.2) is 0 Å². The quantitative estimate of drug-likeness (QED) is 0.640. The van der Waals surface area contributed by atoms with Gasteiger partial charge in [-0.1, -0.05) is 29.3 Å². The lowest BCUT2D eigenvalue weighted by Crippen LogP contribution is -2.54. The number of urea groups is 1. The van der Waals surface area contributed by atoms with Crippen LogP contribution in [0.1, 0.15) is 5.56 Å². The predicted octanol–water partition coefficient (Wildman–Crippen LogP) is 3.67. The molecule has 0 radical (unpaired) electrons. The highest BCUT2D eigenvalue weighted by atomic mass is 35.5. The fourth-order valence-electron chi connectivity index (χ4n) is 2.46. The van der Waals surface area contributed by atoms with Gasteiger partial charge in [-0.05, 0) is 48.0 Å². The van der Waals surface area contributed by atoms with E-state index in [4.69, 9.17) is 27.9 Å². The van der Waals surface area contributed by atoms with Crippen LogP contribution in [0.5, 0.6) is 5.75 Å². The Morgan fingerprint density at radius 2 is 1.81 bits per heavy atom. The van der Waals surface area contributed by atoms with Gasteiger partial charge in [0, 0.05) is 10.0 Å². The number of anilines is 1. The van der Waals surface area contributed by atoms with Crippen molar-refractivity contribution in [2.45, 2.75) is 0 Å². The van der Waals surface area contributed by atoms with Gasteiger partial charge in [-0.25, -0.2) is 9.69 Å². The van der Waals surface area contributed by atoms with Gasteiger partial charge in [0.2, 0.25) is 0 Å². The van der Waals surface area contributed by atoms with Crippen molar-refractivity contribution >= 4 is 52.8 Å². The number of benzene rings is 2. The molecule has 0 saturated carbocycles. The Morgan fingerprint density at radius 1 is 1.04 bits per heavy atom. The average Bonchev–Trinajstić information content (AvgIpc) is 2.58. The van der Waals surface area contributed by atoms with Gasteiger partial charge < -0.3 is 4.74 Å². The molecule has 8 heteroatoms. The molecule has 2 aromatic rings. The molecule has 4 amide bonds. The first kappa shape index (κ1) is 18.0. The molecule has 1 saturated heterocycles. The lowest BCUT2D eigenvalue weighted by Gasteiger charge is -2.26. The van der Waals surface area contributed by atoms with Crippen molar-refractivity contribution in [3.05, 3.63) is 63.6 Å². The van der Waals surface area contributed by atoms with Crippen LogP contribution in [-0.4, -0.2) is 25.0 Å². The molecule has 1 aliphatic heterocycles. The van der Waals surface area contributed by atoms with Crippen LogP contribution >= 0.6 is 23.2 Å². The number of imide groups is 2. The maximum Gasteiger partial charge on any atom is 0.335 e. The van der Waals surface area contributed by atoms with E-state index in [1.807, 2.05) is 0 Å². The first-order valence-electron chi connectivity index (χ1n) is 7.40. The van der Waals surface area contributed by atoms with E-state index in [1.165, 1.54) is 19.3 Å². The van der Waals surface area contributed by atoms with Crippen LogP contribution in [0.4, 0.5) is 10.5 Å². The second kappa shape index (κ2) is 7.19. The number of carbonyl (C=O) groups is 3. The molecule has 6 nitrogen and oxygen atoms in total. The maximum absolute atomic E-state index is 12.8. The average molecular weight is 391 g/mol. The number of carbonyl (C=O) groups excluding carboxylic acids is 3. The Hall–Kier alpha value is -2.83. The molecule has 3 rings (SSSR count). The Balaban J connectivity index is 2.04. The minimum Gasteiger partial charge on any atom is -0.497 e. The first-order chi connectivity index (χ1) is 12.4. The van der Waals surface area contributed by atoms with Gasteiger partial charge in [0.05, 0.1) is 12.8 Å². The summed E-state index contributed by atoms with van der Waals surface area (Å²) in [5.41, 5.74) is 0.518. The summed E-state index contributed by atoms with van der Waals surface area (Å²) in [5, 5.41) is 2.87. The highest BCUT2D eigenvalue weighted by Crippen LogP contribution is 2.26. The molecule has 0 atom stereocenters. The maximum atomic E-state index is 12.8. The number of methoxy groups -OCH3 is 1. The van der Waals surface area contributed by atoms with E-state index < -0.39 is 17.8 Å². The van der Waals surface area contributed by atoms with Gasteiger partial charge in [-0.15, -0.1) is 0 Å². The predicted molar refractivity (Wildman–Crippen MR) is 98.5 cm³/mol. The third kappa shape index (κ3) is 3.56. The number of nitrogens with one attached hydrogen (secondary N) is 1. The molecular formula is C18H12Cl2N2O4. The van der Waals surface area contributed by atoms with Gasteiger partial charge in [-0.3, -0.25) is 14.9 Å². The zero-order chi connectivity index (χ0) is 18.8. The number of hydrogen-bond acceptors (Lipinski definition) is 4. The fourth-order valence-corrected chi connectivity index (χ4v) is 2.88. The number of rotatable bonds is 3.